The molecule has 0 radical (unpaired) electrons. The van der Waals surface area contributed by atoms with Gasteiger partial charge in [0, 0.05) is 25.6 Å². The molecule has 2 amide bonds. The van der Waals surface area contributed by atoms with E-state index in [4.69, 9.17) is 4.52 Å². The molecule has 138 valence electrons. The van der Waals surface area contributed by atoms with E-state index in [0.29, 0.717) is 19.5 Å². The van der Waals surface area contributed by atoms with Crippen LogP contribution in [0.4, 0.5) is 0 Å². The first-order valence-corrected chi connectivity index (χ1v) is 8.91. The molecule has 6 heteroatoms. The molecule has 3 rings (SSSR count). The molecule has 2 heterocycles. The molecule has 0 saturated carbocycles. The molecule has 1 aromatic heterocycles. The van der Waals surface area contributed by atoms with Crippen LogP contribution in [0.25, 0.3) is 0 Å². The van der Waals surface area contributed by atoms with Crippen LogP contribution < -0.4 is 0 Å². The summed E-state index contributed by atoms with van der Waals surface area (Å²) in [5, 5.41) is 3.92. The van der Waals surface area contributed by atoms with Crippen LogP contribution in [0.3, 0.4) is 0 Å². The van der Waals surface area contributed by atoms with Crippen LogP contribution in [0.2, 0.25) is 0 Å². The third-order valence-corrected chi connectivity index (χ3v) is 4.99. The van der Waals surface area contributed by atoms with Crippen LogP contribution in [-0.2, 0) is 22.6 Å². The minimum atomic E-state index is -0.0706. The van der Waals surface area contributed by atoms with Crippen LogP contribution in [0.15, 0.2) is 34.9 Å². The molecule has 0 aliphatic carbocycles. The lowest BCUT2D eigenvalue weighted by Crippen LogP contribution is -2.39. The van der Waals surface area contributed by atoms with Crippen molar-refractivity contribution in [2.75, 3.05) is 20.1 Å². The molecular weight excluding hydrogens is 330 g/mol. The number of rotatable bonds is 6. The first-order valence-electron chi connectivity index (χ1n) is 8.91. The lowest BCUT2D eigenvalue weighted by atomic mass is 9.99. The topological polar surface area (TPSA) is 66.7 Å². The van der Waals surface area contributed by atoms with Gasteiger partial charge in [-0.25, -0.2) is 0 Å². The predicted octanol–water partition coefficient (Wildman–Crippen LogP) is 2.34. The van der Waals surface area contributed by atoms with Gasteiger partial charge in [0.2, 0.25) is 11.8 Å². The minimum absolute atomic E-state index is 0.0602. The van der Waals surface area contributed by atoms with Gasteiger partial charge in [0.05, 0.1) is 18.8 Å². The molecule has 6 nitrogen and oxygen atoms in total. The van der Waals surface area contributed by atoms with Crippen molar-refractivity contribution >= 4 is 11.8 Å². The van der Waals surface area contributed by atoms with Gasteiger partial charge < -0.3 is 14.3 Å². The van der Waals surface area contributed by atoms with Gasteiger partial charge in [-0.1, -0.05) is 35.5 Å². The van der Waals surface area contributed by atoms with Crippen molar-refractivity contribution in [3.63, 3.8) is 0 Å². The summed E-state index contributed by atoms with van der Waals surface area (Å²) in [5.41, 5.74) is 2.95. The largest absolute Gasteiger partial charge is 0.361 e. The third kappa shape index (κ3) is 4.12. The Morgan fingerprint density at radius 3 is 2.69 bits per heavy atom. The number of aryl methyl sites for hydroxylation is 2. The van der Waals surface area contributed by atoms with Crippen LogP contribution in [0, 0.1) is 19.8 Å². The number of nitrogens with zero attached hydrogens (tertiary/aromatic N) is 3. The fourth-order valence-corrected chi connectivity index (χ4v) is 3.43. The minimum Gasteiger partial charge on any atom is -0.361 e. The lowest BCUT2D eigenvalue weighted by Gasteiger charge is -2.22. The summed E-state index contributed by atoms with van der Waals surface area (Å²) in [6.07, 6.45) is 1.38. The zero-order valence-corrected chi connectivity index (χ0v) is 15.6. The SMILES string of the molecule is Cc1noc(C)c1CN(C)C(=O)CN1CC(Cc2ccccc2)CC1=O. The molecule has 1 unspecified atom stereocenters. The lowest BCUT2D eigenvalue weighted by molar-refractivity contribution is -0.137. The van der Waals surface area contributed by atoms with Crippen LogP contribution in [0.1, 0.15) is 29.0 Å². The monoisotopic (exact) mass is 355 g/mol. The standard InChI is InChI=1S/C20H25N3O3/c1-14-18(15(2)26-21-14)12-22(3)20(25)13-23-11-17(10-19(23)24)9-16-7-5-4-6-8-16/h4-8,17H,9-13H2,1-3H3. The van der Waals surface area contributed by atoms with Gasteiger partial charge in [0.25, 0.3) is 0 Å². The van der Waals surface area contributed by atoms with E-state index in [1.807, 2.05) is 32.0 Å². The van der Waals surface area contributed by atoms with E-state index in [2.05, 4.69) is 17.3 Å². The van der Waals surface area contributed by atoms with Crippen LogP contribution in [-0.4, -0.2) is 46.9 Å². The van der Waals surface area contributed by atoms with Gasteiger partial charge in [-0.2, -0.15) is 0 Å². The van der Waals surface area contributed by atoms with E-state index in [1.54, 1.807) is 16.8 Å². The predicted molar refractivity (Wildman–Crippen MR) is 97.3 cm³/mol. The number of benzene rings is 1. The smallest absolute Gasteiger partial charge is 0.242 e. The Morgan fingerprint density at radius 1 is 1.31 bits per heavy atom. The van der Waals surface area contributed by atoms with Gasteiger partial charge in [0.15, 0.2) is 0 Å². The maximum atomic E-state index is 12.5. The first kappa shape index (κ1) is 18.2. The normalized spacial score (nSPS) is 17.0. The van der Waals surface area contributed by atoms with Crippen molar-refractivity contribution in [2.45, 2.75) is 33.2 Å². The van der Waals surface area contributed by atoms with Gasteiger partial charge >= 0.3 is 0 Å². The number of amides is 2. The van der Waals surface area contributed by atoms with Crippen molar-refractivity contribution in [2.24, 2.45) is 5.92 Å². The maximum absolute atomic E-state index is 12.5. The van der Waals surface area contributed by atoms with Crippen molar-refractivity contribution in [1.82, 2.24) is 15.0 Å². The highest BCUT2D eigenvalue weighted by atomic mass is 16.5. The number of likely N-dealkylation sites (tertiary alicyclic amines) is 1. The summed E-state index contributed by atoms with van der Waals surface area (Å²) in [7, 11) is 1.75. The number of hydrogen-bond acceptors (Lipinski definition) is 4. The Balaban J connectivity index is 1.54. The fraction of sp³-hybridized carbons (Fsp3) is 0.450. The van der Waals surface area contributed by atoms with Crippen molar-refractivity contribution in [3.8, 4) is 0 Å². The zero-order chi connectivity index (χ0) is 18.7. The first-order chi connectivity index (χ1) is 12.4. The summed E-state index contributed by atoms with van der Waals surface area (Å²) < 4.78 is 5.14. The van der Waals surface area contributed by atoms with E-state index >= 15 is 0 Å². The van der Waals surface area contributed by atoms with E-state index in [0.717, 1.165) is 23.4 Å². The van der Waals surface area contributed by atoms with Crippen molar-refractivity contribution in [3.05, 3.63) is 52.9 Å². The van der Waals surface area contributed by atoms with Crippen LogP contribution >= 0.6 is 0 Å². The van der Waals surface area contributed by atoms with Gasteiger partial charge in [-0.3, -0.25) is 9.59 Å². The average molecular weight is 355 g/mol. The Labute approximate surface area is 153 Å². The molecule has 1 aliphatic heterocycles. The van der Waals surface area contributed by atoms with E-state index < -0.39 is 0 Å². The van der Waals surface area contributed by atoms with Crippen LogP contribution in [0.5, 0.6) is 0 Å². The summed E-state index contributed by atoms with van der Waals surface area (Å²) in [6, 6.07) is 10.2. The molecule has 0 spiro atoms. The molecule has 1 saturated heterocycles. The molecule has 1 atom stereocenters. The second-order valence-electron chi connectivity index (χ2n) is 7.09. The quantitative estimate of drug-likeness (QED) is 0.798. The Bertz CT molecular complexity index is 765. The second kappa shape index (κ2) is 7.72. The molecule has 1 aromatic carbocycles. The molecule has 0 bridgehead atoms. The molecular formula is C20H25N3O3. The number of carbonyl (C=O) groups is 2. The average Bonchev–Trinajstić information content (AvgIpc) is 3.12. The fourth-order valence-electron chi connectivity index (χ4n) is 3.43. The highest BCUT2D eigenvalue weighted by Crippen LogP contribution is 2.22. The summed E-state index contributed by atoms with van der Waals surface area (Å²) in [5.74, 6) is 0.983. The molecule has 1 aliphatic rings. The van der Waals surface area contributed by atoms with Gasteiger partial charge in [0.1, 0.15) is 5.76 Å². The van der Waals surface area contributed by atoms with Gasteiger partial charge in [-0.15, -0.1) is 0 Å². The third-order valence-electron chi connectivity index (χ3n) is 4.99. The van der Waals surface area contributed by atoms with Crippen molar-refractivity contribution in [1.29, 1.82) is 0 Å². The molecule has 26 heavy (non-hydrogen) atoms. The van der Waals surface area contributed by atoms with E-state index in [-0.39, 0.29) is 24.3 Å². The van der Waals surface area contributed by atoms with E-state index in [1.165, 1.54) is 5.56 Å². The molecule has 2 aromatic rings. The number of aromatic nitrogens is 1. The molecule has 1 fully saturated rings. The Kier molecular flexibility index (Phi) is 5.40. The highest BCUT2D eigenvalue weighted by Gasteiger charge is 2.31. The summed E-state index contributed by atoms with van der Waals surface area (Å²) in [6.45, 7) is 4.91. The van der Waals surface area contributed by atoms with Crippen molar-refractivity contribution < 1.29 is 14.1 Å². The number of carbonyl (C=O) groups excluding carboxylic acids is 2. The second-order valence-corrected chi connectivity index (χ2v) is 7.09. The number of hydrogen-bond donors (Lipinski definition) is 0. The Morgan fingerprint density at radius 2 is 2.04 bits per heavy atom. The summed E-state index contributed by atoms with van der Waals surface area (Å²) in [4.78, 5) is 28.1. The zero-order valence-electron chi connectivity index (χ0n) is 15.6. The van der Waals surface area contributed by atoms with E-state index in [9.17, 15) is 9.59 Å². The molecule has 0 N–H and O–H groups in total. The number of likely N-dealkylation sites (N-methyl/N-ethyl adjacent to an activating group) is 1. The highest BCUT2D eigenvalue weighted by molar-refractivity contribution is 5.86. The van der Waals surface area contributed by atoms with Gasteiger partial charge in [-0.05, 0) is 31.7 Å². The Hall–Kier alpha value is -2.63. The maximum Gasteiger partial charge on any atom is 0.242 e. The summed E-state index contributed by atoms with van der Waals surface area (Å²) >= 11 is 0.